The van der Waals surface area contributed by atoms with Crippen molar-refractivity contribution in [3.63, 3.8) is 0 Å². The minimum Gasteiger partial charge on any atom is -0.401 e. The van der Waals surface area contributed by atoms with Gasteiger partial charge in [0, 0.05) is 34.5 Å². The van der Waals surface area contributed by atoms with Gasteiger partial charge >= 0.3 is 0 Å². The van der Waals surface area contributed by atoms with Crippen LogP contribution in [0, 0.1) is 25.6 Å². The Morgan fingerprint density at radius 2 is 1.77 bits per heavy atom. The third-order valence-corrected chi connectivity index (χ3v) is 3.74. The first-order chi connectivity index (χ1) is 10.1. The van der Waals surface area contributed by atoms with E-state index in [0.29, 0.717) is 5.70 Å². The third-order valence-electron chi connectivity index (χ3n) is 3.74. The van der Waals surface area contributed by atoms with Crippen LogP contribution in [0.15, 0.2) is 35.7 Å². The molecule has 1 aromatic rings. The molecule has 4 N–H and O–H groups in total. The molecule has 1 aromatic carbocycles. The van der Waals surface area contributed by atoms with Gasteiger partial charge in [0.25, 0.3) is 11.4 Å². The molecule has 116 valence electrons. The summed E-state index contributed by atoms with van der Waals surface area (Å²) in [6, 6.07) is 4.13. The molecule has 0 fully saturated rings. The maximum atomic E-state index is 11.3. The smallest absolute Gasteiger partial charge is 0.279 e. The van der Waals surface area contributed by atoms with Crippen molar-refractivity contribution in [1.82, 2.24) is 0 Å². The molecule has 0 spiro atoms. The van der Waals surface area contributed by atoms with Gasteiger partial charge in [-0.1, -0.05) is 13.8 Å². The minimum atomic E-state index is -0.592. The fraction of sp³-hybridized carbons (Fsp3) is 0.286. The van der Waals surface area contributed by atoms with Crippen LogP contribution >= 0.6 is 0 Å². The Hall–Kier alpha value is -2.90. The van der Waals surface area contributed by atoms with Gasteiger partial charge in [0.15, 0.2) is 0 Å². The molecule has 1 aliphatic rings. The molecular weight excluding hydrogens is 288 g/mol. The van der Waals surface area contributed by atoms with E-state index in [1.165, 1.54) is 24.3 Å². The maximum Gasteiger partial charge on any atom is 0.279 e. The molecular formula is C14H16N4O4. The molecule has 0 heterocycles. The van der Waals surface area contributed by atoms with E-state index in [0.717, 1.165) is 0 Å². The van der Waals surface area contributed by atoms with Crippen LogP contribution in [-0.2, 0) is 0 Å². The molecule has 0 atom stereocenters. The Balaban J connectivity index is 2.75. The summed E-state index contributed by atoms with van der Waals surface area (Å²) in [6.45, 7) is 3.66. The quantitative estimate of drug-likeness (QED) is 0.499. The minimum absolute atomic E-state index is 0.197. The summed E-state index contributed by atoms with van der Waals surface area (Å²) in [7, 11) is 0. The highest BCUT2D eigenvalue weighted by atomic mass is 16.6. The second kappa shape index (κ2) is 5.14. The summed E-state index contributed by atoms with van der Waals surface area (Å²) in [5, 5.41) is 22.5. The lowest BCUT2D eigenvalue weighted by atomic mass is 9.76. The lowest BCUT2D eigenvalue weighted by Crippen LogP contribution is -2.26. The zero-order valence-electron chi connectivity index (χ0n) is 12.2. The van der Waals surface area contributed by atoms with E-state index < -0.39 is 15.3 Å². The summed E-state index contributed by atoms with van der Waals surface area (Å²) < 4.78 is 0. The normalized spacial score (nSPS) is 17.1. The van der Waals surface area contributed by atoms with Gasteiger partial charge in [-0.2, -0.15) is 0 Å². The SMILES string of the molecule is CC1(C)CC(c2ccc(N)cc2[N+](=O)[O-])=C([N+](=O)[O-])C=C1N. The van der Waals surface area contributed by atoms with Crippen LogP contribution < -0.4 is 11.5 Å². The van der Waals surface area contributed by atoms with Crippen LogP contribution in [0.3, 0.4) is 0 Å². The summed E-state index contributed by atoms with van der Waals surface area (Å²) >= 11 is 0. The molecule has 8 nitrogen and oxygen atoms in total. The zero-order chi connectivity index (χ0) is 16.7. The van der Waals surface area contributed by atoms with Crippen molar-refractivity contribution in [3.05, 3.63) is 61.5 Å². The average Bonchev–Trinajstić information content (AvgIpc) is 2.41. The number of anilines is 1. The first-order valence-corrected chi connectivity index (χ1v) is 6.53. The van der Waals surface area contributed by atoms with Crippen molar-refractivity contribution in [2.75, 3.05) is 5.73 Å². The Morgan fingerprint density at radius 3 is 2.32 bits per heavy atom. The largest absolute Gasteiger partial charge is 0.401 e. The van der Waals surface area contributed by atoms with Gasteiger partial charge in [0.2, 0.25) is 0 Å². The summed E-state index contributed by atoms with van der Waals surface area (Å²) in [4.78, 5) is 21.4. The van der Waals surface area contributed by atoms with Crippen molar-refractivity contribution in [2.24, 2.45) is 11.1 Å². The van der Waals surface area contributed by atoms with E-state index >= 15 is 0 Å². The Morgan fingerprint density at radius 1 is 1.14 bits per heavy atom. The Bertz CT molecular complexity index is 734. The summed E-state index contributed by atoms with van der Waals surface area (Å²) in [5.41, 5.74) is 11.5. The molecule has 0 radical (unpaired) electrons. The van der Waals surface area contributed by atoms with Crippen molar-refractivity contribution < 1.29 is 9.85 Å². The maximum absolute atomic E-state index is 11.3. The summed E-state index contributed by atoms with van der Waals surface area (Å²) in [6.07, 6.45) is 1.51. The second-order valence-electron chi connectivity index (χ2n) is 5.81. The van der Waals surface area contributed by atoms with E-state index in [1.54, 1.807) is 0 Å². The van der Waals surface area contributed by atoms with Crippen molar-refractivity contribution in [3.8, 4) is 0 Å². The van der Waals surface area contributed by atoms with Crippen molar-refractivity contribution >= 4 is 16.9 Å². The fourth-order valence-corrected chi connectivity index (χ4v) is 2.42. The molecule has 0 aromatic heterocycles. The van der Waals surface area contributed by atoms with Gasteiger partial charge in [-0.15, -0.1) is 0 Å². The van der Waals surface area contributed by atoms with Gasteiger partial charge in [-0.25, -0.2) is 0 Å². The number of hydrogen-bond acceptors (Lipinski definition) is 6. The lowest BCUT2D eigenvalue weighted by molar-refractivity contribution is -0.418. The van der Waals surface area contributed by atoms with Crippen LogP contribution in [0.1, 0.15) is 25.8 Å². The number of benzene rings is 1. The summed E-state index contributed by atoms with van der Waals surface area (Å²) in [5.74, 6) is 0. The second-order valence-corrected chi connectivity index (χ2v) is 5.81. The van der Waals surface area contributed by atoms with Gasteiger partial charge in [0.1, 0.15) is 0 Å². The lowest BCUT2D eigenvalue weighted by Gasteiger charge is -2.29. The highest BCUT2D eigenvalue weighted by Gasteiger charge is 2.36. The van der Waals surface area contributed by atoms with Crippen LogP contribution in [0.2, 0.25) is 0 Å². The van der Waals surface area contributed by atoms with E-state index in [4.69, 9.17) is 11.5 Å². The van der Waals surface area contributed by atoms with Gasteiger partial charge < -0.3 is 11.5 Å². The van der Waals surface area contributed by atoms with Gasteiger partial charge in [-0.05, 0) is 18.6 Å². The third kappa shape index (κ3) is 2.62. The number of nitro groups is 2. The predicted molar refractivity (Wildman–Crippen MR) is 82.1 cm³/mol. The Labute approximate surface area is 126 Å². The first kappa shape index (κ1) is 15.5. The average molecular weight is 304 g/mol. The number of hydrogen-bond donors (Lipinski definition) is 2. The predicted octanol–water partition coefficient (Wildman–Crippen LogP) is 2.44. The van der Waals surface area contributed by atoms with Crippen LogP contribution in [-0.4, -0.2) is 9.85 Å². The number of nitrogens with two attached hydrogens (primary N) is 2. The molecule has 0 saturated heterocycles. The fourth-order valence-electron chi connectivity index (χ4n) is 2.42. The molecule has 0 saturated carbocycles. The molecule has 0 aliphatic heterocycles. The van der Waals surface area contributed by atoms with Gasteiger partial charge in [-0.3, -0.25) is 20.2 Å². The molecule has 22 heavy (non-hydrogen) atoms. The topological polar surface area (TPSA) is 138 Å². The van der Waals surface area contributed by atoms with E-state index in [2.05, 4.69) is 0 Å². The number of nitrogen functional groups attached to an aromatic ring is 1. The molecule has 0 amide bonds. The highest BCUT2D eigenvalue weighted by molar-refractivity contribution is 5.79. The highest BCUT2D eigenvalue weighted by Crippen LogP contribution is 2.43. The monoisotopic (exact) mass is 304 g/mol. The van der Waals surface area contributed by atoms with Crippen molar-refractivity contribution in [2.45, 2.75) is 20.3 Å². The molecule has 1 aliphatic carbocycles. The van der Waals surface area contributed by atoms with Crippen LogP contribution in [0.4, 0.5) is 11.4 Å². The first-order valence-electron chi connectivity index (χ1n) is 6.53. The molecule has 0 bridgehead atoms. The molecule has 0 unspecified atom stereocenters. The molecule has 2 rings (SSSR count). The van der Waals surface area contributed by atoms with E-state index in [9.17, 15) is 20.2 Å². The van der Waals surface area contributed by atoms with Crippen molar-refractivity contribution in [1.29, 1.82) is 0 Å². The van der Waals surface area contributed by atoms with E-state index in [1.807, 2.05) is 13.8 Å². The molecule has 8 heteroatoms. The van der Waals surface area contributed by atoms with Crippen LogP contribution in [0.5, 0.6) is 0 Å². The standard InChI is InChI=1S/C14H16N4O4/c1-14(2)7-10(12(18(21)22)6-13(14)16)9-4-3-8(15)5-11(9)17(19)20/h3-6H,7,15-16H2,1-2H3. The number of rotatable bonds is 3. The zero-order valence-corrected chi connectivity index (χ0v) is 12.2. The number of allylic oxidation sites excluding steroid dienone is 3. The van der Waals surface area contributed by atoms with E-state index in [-0.39, 0.29) is 34.6 Å². The number of nitrogens with zero attached hydrogens (tertiary/aromatic N) is 2. The van der Waals surface area contributed by atoms with Crippen LogP contribution in [0.25, 0.3) is 5.57 Å². The Kier molecular flexibility index (Phi) is 3.62. The number of nitro benzene ring substituents is 1. The van der Waals surface area contributed by atoms with Gasteiger partial charge in [0.05, 0.1) is 15.4 Å².